The van der Waals surface area contributed by atoms with E-state index in [0.717, 1.165) is 0 Å². The summed E-state index contributed by atoms with van der Waals surface area (Å²) < 4.78 is 0. The summed E-state index contributed by atoms with van der Waals surface area (Å²) in [6.07, 6.45) is 0.230. The fraction of sp³-hybridized carbons (Fsp3) is 0.722. The predicted molar refractivity (Wildman–Crippen MR) is 105 cm³/mol. The molecule has 8 N–H and O–H groups in total. The van der Waals surface area contributed by atoms with Gasteiger partial charge in [0.2, 0.25) is 23.6 Å². The molecule has 0 aromatic rings. The van der Waals surface area contributed by atoms with Gasteiger partial charge < -0.3 is 32.5 Å². The Balaban J connectivity index is 5.44. The molecule has 0 saturated carbocycles. The lowest BCUT2D eigenvalue weighted by Crippen LogP contribution is -2.58. The van der Waals surface area contributed by atoms with E-state index in [9.17, 15) is 24.0 Å². The molecule has 0 bridgehead atoms. The van der Waals surface area contributed by atoms with E-state index in [1.165, 1.54) is 0 Å². The molecule has 11 nitrogen and oxygen atoms in total. The zero-order valence-corrected chi connectivity index (χ0v) is 17.4. The van der Waals surface area contributed by atoms with Crippen LogP contribution in [0.1, 0.15) is 47.0 Å². The van der Waals surface area contributed by atoms with E-state index in [2.05, 4.69) is 16.0 Å². The lowest BCUT2D eigenvalue weighted by atomic mass is 9.96. The number of primary amides is 1. The highest BCUT2D eigenvalue weighted by molar-refractivity contribution is 5.94. The first-order valence-electron chi connectivity index (χ1n) is 9.54. The highest BCUT2D eigenvalue weighted by Gasteiger charge is 2.32. The summed E-state index contributed by atoms with van der Waals surface area (Å²) in [7, 11) is 0. The Labute approximate surface area is 170 Å². The molecule has 0 aliphatic heterocycles. The average molecular weight is 415 g/mol. The maximum atomic E-state index is 12.8. The van der Waals surface area contributed by atoms with Gasteiger partial charge in [-0.25, -0.2) is 4.79 Å². The van der Waals surface area contributed by atoms with Crippen molar-refractivity contribution < 1.29 is 29.1 Å². The summed E-state index contributed by atoms with van der Waals surface area (Å²) >= 11 is 0. The molecular weight excluding hydrogens is 382 g/mol. The Hall–Kier alpha value is -2.69. The Morgan fingerprint density at radius 3 is 1.90 bits per heavy atom. The first kappa shape index (κ1) is 26.3. The van der Waals surface area contributed by atoms with Crippen molar-refractivity contribution in [2.75, 3.05) is 6.54 Å². The molecule has 0 fully saturated rings. The number of carbonyl (C=O) groups is 5. The molecule has 0 aromatic heterocycles. The zero-order chi connectivity index (χ0) is 22.7. The van der Waals surface area contributed by atoms with Crippen LogP contribution in [0.3, 0.4) is 0 Å². The Bertz CT molecular complexity index is 610. The standard InChI is InChI=1S/C18H33N5O6/c1-5-10(4)15(23-14(25)8-19)17(27)21-11(6-9(2)3)16(26)22-12(18(28)29)7-13(20)24/h9-12,15H,5-8,19H2,1-4H3,(H2,20,24)(H,21,27)(H,22,26)(H,23,25)(H,28,29). The van der Waals surface area contributed by atoms with Crippen molar-refractivity contribution >= 4 is 29.6 Å². The first-order valence-corrected chi connectivity index (χ1v) is 9.54. The molecule has 0 aromatic carbocycles. The number of carboxylic acid groups (broad SMARTS) is 1. The number of hydrogen-bond acceptors (Lipinski definition) is 6. The van der Waals surface area contributed by atoms with Gasteiger partial charge in [0.05, 0.1) is 13.0 Å². The summed E-state index contributed by atoms with van der Waals surface area (Å²) in [6, 6.07) is -3.47. The van der Waals surface area contributed by atoms with Crippen LogP contribution in [-0.2, 0) is 24.0 Å². The molecule has 166 valence electrons. The van der Waals surface area contributed by atoms with Crippen LogP contribution in [0.2, 0.25) is 0 Å². The number of amides is 4. The quantitative estimate of drug-likeness (QED) is 0.209. The topological polar surface area (TPSA) is 194 Å². The van der Waals surface area contributed by atoms with Gasteiger partial charge in [0.25, 0.3) is 0 Å². The second kappa shape index (κ2) is 12.7. The van der Waals surface area contributed by atoms with Gasteiger partial charge >= 0.3 is 5.97 Å². The van der Waals surface area contributed by atoms with Crippen LogP contribution in [0.25, 0.3) is 0 Å². The fourth-order valence-electron chi connectivity index (χ4n) is 2.57. The molecule has 4 amide bonds. The van der Waals surface area contributed by atoms with Gasteiger partial charge in [0.15, 0.2) is 0 Å². The molecule has 4 atom stereocenters. The molecule has 4 unspecified atom stereocenters. The first-order chi connectivity index (χ1) is 13.4. The predicted octanol–water partition coefficient (Wildman–Crippen LogP) is -1.55. The van der Waals surface area contributed by atoms with Gasteiger partial charge in [-0.05, 0) is 18.3 Å². The van der Waals surface area contributed by atoms with E-state index in [0.29, 0.717) is 6.42 Å². The van der Waals surface area contributed by atoms with Crippen molar-refractivity contribution in [3.63, 3.8) is 0 Å². The molecule has 0 saturated heterocycles. The van der Waals surface area contributed by atoms with E-state index in [-0.39, 0.29) is 24.8 Å². The van der Waals surface area contributed by atoms with E-state index < -0.39 is 54.1 Å². The number of nitrogens with two attached hydrogens (primary N) is 2. The molecule has 29 heavy (non-hydrogen) atoms. The molecule has 0 radical (unpaired) electrons. The van der Waals surface area contributed by atoms with Gasteiger partial charge in [-0.15, -0.1) is 0 Å². The van der Waals surface area contributed by atoms with Gasteiger partial charge in [0.1, 0.15) is 18.1 Å². The van der Waals surface area contributed by atoms with Crippen molar-refractivity contribution in [3.05, 3.63) is 0 Å². The van der Waals surface area contributed by atoms with Crippen LogP contribution in [-0.4, -0.2) is 59.4 Å². The summed E-state index contributed by atoms with van der Waals surface area (Å²) in [5.41, 5.74) is 10.3. The van der Waals surface area contributed by atoms with Gasteiger partial charge in [0, 0.05) is 0 Å². The number of hydrogen-bond donors (Lipinski definition) is 6. The van der Waals surface area contributed by atoms with Crippen LogP contribution in [0, 0.1) is 11.8 Å². The summed E-state index contributed by atoms with van der Waals surface area (Å²) in [4.78, 5) is 59.3. The highest BCUT2D eigenvalue weighted by atomic mass is 16.4. The molecule has 11 heteroatoms. The van der Waals surface area contributed by atoms with Gasteiger partial charge in [-0.1, -0.05) is 34.1 Å². The van der Waals surface area contributed by atoms with Crippen LogP contribution >= 0.6 is 0 Å². The lowest BCUT2D eigenvalue weighted by molar-refractivity contribution is -0.144. The normalized spacial score (nSPS) is 15.0. The smallest absolute Gasteiger partial charge is 0.326 e. The second-order valence-corrected chi connectivity index (χ2v) is 7.40. The monoisotopic (exact) mass is 415 g/mol. The van der Waals surface area contributed by atoms with Crippen molar-refractivity contribution in [2.24, 2.45) is 23.3 Å². The number of aliphatic carboxylic acids is 1. The van der Waals surface area contributed by atoms with Crippen molar-refractivity contribution in [3.8, 4) is 0 Å². The number of carboxylic acids is 1. The number of carbonyl (C=O) groups excluding carboxylic acids is 4. The molecule has 0 heterocycles. The lowest BCUT2D eigenvalue weighted by Gasteiger charge is -2.27. The minimum absolute atomic E-state index is 0.00819. The Kier molecular flexibility index (Phi) is 11.5. The average Bonchev–Trinajstić information content (AvgIpc) is 2.62. The van der Waals surface area contributed by atoms with Crippen LogP contribution in [0.15, 0.2) is 0 Å². The third kappa shape index (κ3) is 9.88. The largest absolute Gasteiger partial charge is 0.480 e. The van der Waals surface area contributed by atoms with Crippen molar-refractivity contribution in [1.82, 2.24) is 16.0 Å². The van der Waals surface area contributed by atoms with Gasteiger partial charge in [-0.3, -0.25) is 19.2 Å². The summed E-state index contributed by atoms with van der Waals surface area (Å²) in [5, 5.41) is 16.5. The molecule has 0 rings (SSSR count). The SMILES string of the molecule is CCC(C)C(NC(=O)CN)C(=O)NC(CC(C)C)C(=O)NC(CC(N)=O)C(=O)O. The Morgan fingerprint density at radius 1 is 0.931 bits per heavy atom. The van der Waals surface area contributed by atoms with Crippen LogP contribution < -0.4 is 27.4 Å². The van der Waals surface area contributed by atoms with E-state index in [4.69, 9.17) is 16.6 Å². The van der Waals surface area contributed by atoms with Crippen LogP contribution in [0.5, 0.6) is 0 Å². The maximum absolute atomic E-state index is 12.8. The van der Waals surface area contributed by atoms with Crippen LogP contribution in [0.4, 0.5) is 0 Å². The van der Waals surface area contributed by atoms with Crippen molar-refractivity contribution in [1.29, 1.82) is 0 Å². The minimum Gasteiger partial charge on any atom is -0.480 e. The number of nitrogens with one attached hydrogen (secondary N) is 3. The van der Waals surface area contributed by atoms with Gasteiger partial charge in [-0.2, -0.15) is 0 Å². The summed E-state index contributed by atoms with van der Waals surface area (Å²) in [5.74, 6) is -4.39. The third-order valence-corrected chi connectivity index (χ3v) is 4.36. The Morgan fingerprint density at radius 2 is 1.48 bits per heavy atom. The molecule has 0 spiro atoms. The second-order valence-electron chi connectivity index (χ2n) is 7.40. The van der Waals surface area contributed by atoms with E-state index >= 15 is 0 Å². The molecular formula is C18H33N5O6. The minimum atomic E-state index is -1.51. The third-order valence-electron chi connectivity index (χ3n) is 4.36. The van der Waals surface area contributed by atoms with E-state index in [1.807, 2.05) is 20.8 Å². The molecule has 0 aliphatic rings. The maximum Gasteiger partial charge on any atom is 0.326 e. The highest BCUT2D eigenvalue weighted by Crippen LogP contribution is 2.11. The summed E-state index contributed by atoms with van der Waals surface area (Å²) in [6.45, 7) is 6.98. The fourth-order valence-corrected chi connectivity index (χ4v) is 2.57. The zero-order valence-electron chi connectivity index (χ0n) is 17.4. The van der Waals surface area contributed by atoms with E-state index in [1.54, 1.807) is 6.92 Å². The number of rotatable bonds is 13. The molecule has 0 aliphatic carbocycles. The van der Waals surface area contributed by atoms with Crippen molar-refractivity contribution in [2.45, 2.75) is 65.1 Å².